The number of hydrogen-bond donors (Lipinski definition) is 0. The van der Waals surface area contributed by atoms with Crippen LogP contribution in [0.25, 0.3) is 22.2 Å². The number of benzene rings is 1. The minimum absolute atomic E-state index is 0.506. The molecule has 0 atom stereocenters. The first kappa shape index (κ1) is 21.0. The van der Waals surface area contributed by atoms with Crippen LogP contribution in [0.1, 0.15) is 5.56 Å². The summed E-state index contributed by atoms with van der Waals surface area (Å²) in [4.78, 5) is 11.6. The molecule has 0 bridgehead atoms. The van der Waals surface area contributed by atoms with E-state index in [-0.39, 0.29) is 0 Å². The second kappa shape index (κ2) is 8.87. The molecule has 2 aromatic heterocycles. The molecule has 1 saturated heterocycles. The van der Waals surface area contributed by atoms with Gasteiger partial charge in [-0.25, -0.2) is 9.97 Å². The molecule has 4 rings (SSSR count). The predicted molar refractivity (Wildman–Crippen MR) is 125 cm³/mol. The van der Waals surface area contributed by atoms with Crippen molar-refractivity contribution in [2.45, 2.75) is 39.3 Å². The fourth-order valence-corrected chi connectivity index (χ4v) is 4.47. The van der Waals surface area contributed by atoms with Gasteiger partial charge < -0.3 is 18.9 Å². The van der Waals surface area contributed by atoms with Gasteiger partial charge >= 0.3 is 0 Å². The minimum Gasteiger partial charge on any atom is -0.378 e. The summed E-state index contributed by atoms with van der Waals surface area (Å²) in [6.45, 7) is 13.7. The van der Waals surface area contributed by atoms with Crippen LogP contribution in [0, 0.1) is 6.92 Å². The van der Waals surface area contributed by atoms with Gasteiger partial charge in [-0.1, -0.05) is 49.5 Å². The van der Waals surface area contributed by atoms with Crippen LogP contribution >= 0.6 is 0 Å². The molecule has 3 heterocycles. The standard InChI is InChI=1S/C23H32N4O2Si/c1-18-5-7-19(8-6-18)20-15-27(17-29-13-14-30(2,3)4)23-21(20)22(24-16-25-23)26-9-11-28-12-10-26/h5-8,15-16H,9-14,17H2,1-4H3. The lowest BCUT2D eigenvalue weighted by molar-refractivity contribution is 0.0899. The normalized spacial score (nSPS) is 15.1. The molecule has 0 spiro atoms. The molecule has 0 amide bonds. The van der Waals surface area contributed by atoms with Crippen LogP contribution in [0.15, 0.2) is 36.8 Å². The number of hydrogen-bond acceptors (Lipinski definition) is 5. The second-order valence-electron chi connectivity index (χ2n) is 9.22. The van der Waals surface area contributed by atoms with Crippen molar-refractivity contribution in [3.63, 3.8) is 0 Å². The van der Waals surface area contributed by atoms with E-state index in [9.17, 15) is 0 Å². The topological polar surface area (TPSA) is 52.4 Å². The van der Waals surface area contributed by atoms with E-state index in [4.69, 9.17) is 9.47 Å². The first-order chi connectivity index (χ1) is 14.4. The number of morpholine rings is 1. The van der Waals surface area contributed by atoms with Gasteiger partial charge in [-0.15, -0.1) is 0 Å². The average molecular weight is 425 g/mol. The zero-order valence-electron chi connectivity index (χ0n) is 18.5. The summed E-state index contributed by atoms with van der Waals surface area (Å²) in [5.74, 6) is 0.986. The van der Waals surface area contributed by atoms with Crippen molar-refractivity contribution in [1.82, 2.24) is 14.5 Å². The molecule has 1 aliphatic heterocycles. The maximum absolute atomic E-state index is 6.06. The Morgan fingerprint density at radius 3 is 2.50 bits per heavy atom. The fourth-order valence-electron chi connectivity index (χ4n) is 3.71. The van der Waals surface area contributed by atoms with Crippen molar-refractivity contribution in [3.8, 4) is 11.1 Å². The van der Waals surface area contributed by atoms with E-state index in [1.165, 1.54) is 11.1 Å². The summed E-state index contributed by atoms with van der Waals surface area (Å²) in [7, 11) is -1.11. The highest BCUT2D eigenvalue weighted by atomic mass is 28.3. The van der Waals surface area contributed by atoms with Crippen LogP contribution in [0.3, 0.4) is 0 Å². The quantitative estimate of drug-likeness (QED) is 0.411. The molecule has 6 nitrogen and oxygen atoms in total. The first-order valence-electron chi connectivity index (χ1n) is 10.7. The number of anilines is 1. The molecular weight excluding hydrogens is 392 g/mol. The fraction of sp³-hybridized carbons (Fsp3) is 0.478. The summed E-state index contributed by atoms with van der Waals surface area (Å²) in [5.41, 5.74) is 4.51. The maximum atomic E-state index is 6.06. The number of aromatic nitrogens is 3. The zero-order chi connectivity index (χ0) is 21.1. The van der Waals surface area contributed by atoms with Crippen LogP contribution in [0.4, 0.5) is 5.82 Å². The van der Waals surface area contributed by atoms with E-state index in [1.54, 1.807) is 6.33 Å². The van der Waals surface area contributed by atoms with Gasteiger partial charge in [0.1, 0.15) is 24.5 Å². The van der Waals surface area contributed by atoms with Gasteiger partial charge in [0, 0.05) is 39.5 Å². The molecule has 30 heavy (non-hydrogen) atoms. The lowest BCUT2D eigenvalue weighted by atomic mass is 10.0. The van der Waals surface area contributed by atoms with Crippen LogP contribution in [-0.2, 0) is 16.2 Å². The van der Waals surface area contributed by atoms with Crippen molar-refractivity contribution in [3.05, 3.63) is 42.4 Å². The van der Waals surface area contributed by atoms with Crippen LogP contribution in [-0.4, -0.2) is 55.5 Å². The van der Waals surface area contributed by atoms with Crippen LogP contribution in [0.2, 0.25) is 25.7 Å². The maximum Gasteiger partial charge on any atom is 0.148 e. The second-order valence-corrected chi connectivity index (χ2v) is 14.8. The Labute approximate surface area is 179 Å². The first-order valence-corrected chi connectivity index (χ1v) is 14.4. The minimum atomic E-state index is -1.11. The largest absolute Gasteiger partial charge is 0.378 e. The summed E-state index contributed by atoms with van der Waals surface area (Å²) in [6.07, 6.45) is 3.84. The number of ether oxygens (including phenoxy) is 2. The molecule has 1 aliphatic rings. The van der Waals surface area contributed by atoms with Crippen molar-refractivity contribution in [1.29, 1.82) is 0 Å². The molecular formula is C23H32N4O2Si. The van der Waals surface area contributed by atoms with Gasteiger partial charge in [0.05, 0.1) is 18.6 Å². The number of fused-ring (bicyclic) bond motifs is 1. The molecule has 0 saturated carbocycles. The zero-order valence-corrected chi connectivity index (χ0v) is 19.5. The SMILES string of the molecule is Cc1ccc(-c2cn(COCC[Si](C)(C)C)c3ncnc(N4CCOCC4)c23)cc1. The van der Waals surface area contributed by atoms with E-state index in [2.05, 4.69) is 76.5 Å². The van der Waals surface area contributed by atoms with Gasteiger partial charge in [-0.05, 0) is 18.5 Å². The lowest BCUT2D eigenvalue weighted by Gasteiger charge is -2.28. The molecule has 1 aromatic carbocycles. The van der Waals surface area contributed by atoms with E-state index < -0.39 is 8.07 Å². The van der Waals surface area contributed by atoms with Crippen molar-refractivity contribution < 1.29 is 9.47 Å². The molecule has 0 aliphatic carbocycles. The Morgan fingerprint density at radius 2 is 1.80 bits per heavy atom. The highest BCUT2D eigenvalue weighted by Crippen LogP contribution is 2.35. The molecule has 1 fully saturated rings. The van der Waals surface area contributed by atoms with Crippen molar-refractivity contribution in [2.24, 2.45) is 0 Å². The Bertz CT molecular complexity index is 989. The molecule has 3 aromatic rings. The lowest BCUT2D eigenvalue weighted by Crippen LogP contribution is -2.36. The van der Waals surface area contributed by atoms with Gasteiger partial charge in [0.2, 0.25) is 0 Å². The van der Waals surface area contributed by atoms with Crippen molar-refractivity contribution in [2.75, 3.05) is 37.8 Å². The third-order valence-corrected chi connectivity index (χ3v) is 7.24. The Balaban J connectivity index is 1.72. The summed E-state index contributed by atoms with van der Waals surface area (Å²) < 4.78 is 13.7. The van der Waals surface area contributed by atoms with Crippen molar-refractivity contribution >= 4 is 24.9 Å². The summed E-state index contributed by atoms with van der Waals surface area (Å²) in [6, 6.07) is 9.82. The van der Waals surface area contributed by atoms with E-state index in [0.717, 1.165) is 61.4 Å². The van der Waals surface area contributed by atoms with Crippen LogP contribution < -0.4 is 4.90 Å². The van der Waals surface area contributed by atoms with Gasteiger partial charge in [0.15, 0.2) is 0 Å². The Hall–Kier alpha value is -2.22. The Kier molecular flexibility index (Phi) is 6.22. The van der Waals surface area contributed by atoms with E-state index in [0.29, 0.717) is 6.73 Å². The highest BCUT2D eigenvalue weighted by Gasteiger charge is 2.22. The van der Waals surface area contributed by atoms with Gasteiger partial charge in [-0.3, -0.25) is 0 Å². The van der Waals surface area contributed by atoms with E-state index in [1.807, 2.05) is 0 Å². The molecule has 0 N–H and O–H groups in total. The molecule has 0 unspecified atom stereocenters. The summed E-state index contributed by atoms with van der Waals surface area (Å²) >= 11 is 0. The molecule has 7 heteroatoms. The predicted octanol–water partition coefficient (Wildman–Crippen LogP) is 4.56. The van der Waals surface area contributed by atoms with Gasteiger partial charge in [-0.2, -0.15) is 0 Å². The number of rotatable bonds is 7. The number of aryl methyl sites for hydroxylation is 1. The monoisotopic (exact) mass is 424 g/mol. The van der Waals surface area contributed by atoms with Gasteiger partial charge in [0.25, 0.3) is 0 Å². The molecule has 160 valence electrons. The van der Waals surface area contributed by atoms with Crippen LogP contribution in [0.5, 0.6) is 0 Å². The highest BCUT2D eigenvalue weighted by molar-refractivity contribution is 6.76. The third-order valence-electron chi connectivity index (χ3n) is 5.53. The summed E-state index contributed by atoms with van der Waals surface area (Å²) in [5, 5.41) is 1.09. The Morgan fingerprint density at radius 1 is 1.07 bits per heavy atom. The molecule has 0 radical (unpaired) electrons. The number of nitrogens with zero attached hydrogens (tertiary/aromatic N) is 4. The smallest absolute Gasteiger partial charge is 0.148 e. The average Bonchev–Trinajstić information content (AvgIpc) is 3.11. The van der Waals surface area contributed by atoms with E-state index >= 15 is 0 Å². The third kappa shape index (κ3) is 4.74.